The molecular weight excluding hydrogens is 226 g/mol. The van der Waals surface area contributed by atoms with Crippen LogP contribution in [-0.2, 0) is 0 Å². The average Bonchev–Trinajstić information content (AvgIpc) is 2.78. The smallest absolute Gasteiger partial charge is 0.0715 e. The highest BCUT2D eigenvalue weighted by Gasteiger charge is 2.12. The summed E-state index contributed by atoms with van der Waals surface area (Å²) in [6, 6.07) is 10.8. The summed E-state index contributed by atoms with van der Waals surface area (Å²) in [5.41, 5.74) is 2.38. The zero-order valence-electron chi connectivity index (χ0n) is 9.94. The van der Waals surface area contributed by atoms with Gasteiger partial charge in [0.15, 0.2) is 0 Å². The summed E-state index contributed by atoms with van der Waals surface area (Å²) in [4.78, 5) is 5.84. The molecule has 0 saturated heterocycles. The molecule has 1 heterocycles. The lowest BCUT2D eigenvalue weighted by Crippen LogP contribution is -1.83. The van der Waals surface area contributed by atoms with Crippen molar-refractivity contribution in [1.82, 2.24) is 0 Å². The number of nitrogens with zero attached hydrogens (tertiary/aromatic N) is 1. The number of thioether (sulfide) groups is 1. The Bertz CT molecular complexity index is 574. The van der Waals surface area contributed by atoms with Crippen molar-refractivity contribution in [3.63, 3.8) is 0 Å². The highest BCUT2D eigenvalue weighted by Crippen LogP contribution is 2.38. The monoisotopic (exact) mass is 241 g/mol. The normalized spacial score (nSPS) is 12.5. The van der Waals surface area contributed by atoms with Crippen LogP contribution in [0.1, 0.15) is 25.3 Å². The predicted molar refractivity (Wildman–Crippen MR) is 76.8 cm³/mol. The topological polar surface area (TPSA) is 12.4 Å². The zero-order valence-corrected chi connectivity index (χ0v) is 10.8. The summed E-state index contributed by atoms with van der Waals surface area (Å²) in [5, 5.41) is 2.69. The summed E-state index contributed by atoms with van der Waals surface area (Å²) >= 11 is 1.96. The number of hydrogen-bond acceptors (Lipinski definition) is 2. The molecule has 86 valence electrons. The van der Waals surface area contributed by atoms with Crippen molar-refractivity contribution in [2.24, 2.45) is 4.99 Å². The molecule has 0 spiro atoms. The van der Waals surface area contributed by atoms with E-state index >= 15 is 0 Å². The average molecular weight is 241 g/mol. The first-order valence-electron chi connectivity index (χ1n) is 6.13. The quantitative estimate of drug-likeness (QED) is 0.472. The number of unbranched alkanes of at least 4 members (excludes halogenated alkanes) is 1. The molecule has 2 heteroatoms. The Kier molecular flexibility index (Phi) is 2.89. The van der Waals surface area contributed by atoms with Crippen LogP contribution in [0.3, 0.4) is 0 Å². The predicted octanol–water partition coefficient (Wildman–Crippen LogP) is 4.80. The van der Waals surface area contributed by atoms with Crippen molar-refractivity contribution in [3.05, 3.63) is 35.9 Å². The molecule has 0 radical (unpaired) electrons. The third-order valence-electron chi connectivity index (χ3n) is 3.11. The second kappa shape index (κ2) is 4.53. The van der Waals surface area contributed by atoms with Gasteiger partial charge in [0.2, 0.25) is 0 Å². The van der Waals surface area contributed by atoms with Crippen LogP contribution < -0.4 is 0 Å². The van der Waals surface area contributed by atoms with E-state index in [0.29, 0.717) is 0 Å². The molecule has 0 aromatic heterocycles. The van der Waals surface area contributed by atoms with Crippen LogP contribution in [0.2, 0.25) is 0 Å². The van der Waals surface area contributed by atoms with Gasteiger partial charge in [0.25, 0.3) is 0 Å². The number of benzene rings is 2. The van der Waals surface area contributed by atoms with E-state index < -0.39 is 0 Å². The molecule has 1 aliphatic heterocycles. The Morgan fingerprint density at radius 1 is 1.18 bits per heavy atom. The fourth-order valence-corrected chi connectivity index (χ4v) is 3.34. The van der Waals surface area contributed by atoms with Crippen molar-refractivity contribution in [1.29, 1.82) is 0 Å². The van der Waals surface area contributed by atoms with Crippen molar-refractivity contribution in [2.45, 2.75) is 24.7 Å². The van der Waals surface area contributed by atoms with Crippen LogP contribution in [-0.4, -0.2) is 12.0 Å². The zero-order chi connectivity index (χ0) is 11.7. The Morgan fingerprint density at radius 2 is 2.12 bits per heavy atom. The van der Waals surface area contributed by atoms with Crippen molar-refractivity contribution < 1.29 is 0 Å². The van der Waals surface area contributed by atoms with Gasteiger partial charge < -0.3 is 0 Å². The van der Waals surface area contributed by atoms with E-state index in [9.17, 15) is 0 Å². The Hall–Kier alpha value is -1.28. The van der Waals surface area contributed by atoms with Crippen LogP contribution >= 0.6 is 11.8 Å². The van der Waals surface area contributed by atoms with Crippen LogP contribution in [0.5, 0.6) is 0 Å². The second-order valence-electron chi connectivity index (χ2n) is 4.31. The van der Waals surface area contributed by atoms with Crippen molar-refractivity contribution in [2.75, 3.05) is 5.75 Å². The van der Waals surface area contributed by atoms with E-state index in [1.54, 1.807) is 0 Å². The summed E-state index contributed by atoms with van der Waals surface area (Å²) in [5.74, 6) is 1.20. The van der Waals surface area contributed by atoms with E-state index in [1.807, 2.05) is 18.0 Å². The molecule has 2 aromatic rings. The fraction of sp³-hybridized carbons (Fsp3) is 0.267. The summed E-state index contributed by atoms with van der Waals surface area (Å²) in [6.07, 6.45) is 4.51. The van der Waals surface area contributed by atoms with E-state index in [1.165, 1.54) is 39.8 Å². The molecule has 0 atom stereocenters. The molecule has 1 aliphatic rings. The SMILES string of the molecule is CCCCSc1ccc2c3c(cccc13)C=N2. The maximum Gasteiger partial charge on any atom is 0.0715 e. The minimum absolute atomic E-state index is 1.12. The van der Waals surface area contributed by atoms with Gasteiger partial charge in [-0.05, 0) is 29.7 Å². The first-order chi connectivity index (χ1) is 8.40. The second-order valence-corrected chi connectivity index (χ2v) is 5.45. The van der Waals surface area contributed by atoms with Gasteiger partial charge in [-0.15, -0.1) is 11.8 Å². The Balaban J connectivity index is 2.04. The van der Waals surface area contributed by atoms with Crippen LogP contribution in [0.25, 0.3) is 10.8 Å². The summed E-state index contributed by atoms with van der Waals surface area (Å²) in [6.45, 7) is 2.24. The van der Waals surface area contributed by atoms with Gasteiger partial charge >= 0.3 is 0 Å². The molecule has 1 nitrogen and oxygen atoms in total. The maximum absolute atomic E-state index is 4.45. The summed E-state index contributed by atoms with van der Waals surface area (Å²) < 4.78 is 0. The number of hydrogen-bond donors (Lipinski definition) is 0. The van der Waals surface area contributed by atoms with Crippen molar-refractivity contribution >= 4 is 34.4 Å². The minimum atomic E-state index is 1.12. The van der Waals surface area contributed by atoms with Crippen LogP contribution in [0.15, 0.2) is 40.2 Å². The summed E-state index contributed by atoms with van der Waals surface area (Å²) in [7, 11) is 0. The molecule has 0 unspecified atom stereocenters. The van der Waals surface area contributed by atoms with Crippen LogP contribution in [0, 0.1) is 0 Å². The van der Waals surface area contributed by atoms with Gasteiger partial charge in [0, 0.05) is 22.1 Å². The van der Waals surface area contributed by atoms with Gasteiger partial charge in [-0.2, -0.15) is 0 Å². The molecule has 17 heavy (non-hydrogen) atoms. The highest BCUT2D eigenvalue weighted by atomic mass is 32.2. The van der Waals surface area contributed by atoms with E-state index in [0.717, 1.165) is 5.69 Å². The molecule has 0 amide bonds. The first-order valence-corrected chi connectivity index (χ1v) is 7.11. The molecule has 3 rings (SSSR count). The molecule has 0 saturated carbocycles. The standard InChI is InChI=1S/C15H15NS/c1-2-3-9-17-14-8-7-13-15-11(10-16-13)5-4-6-12(14)15/h4-8,10H,2-3,9H2,1H3. The third-order valence-corrected chi connectivity index (χ3v) is 4.27. The van der Waals surface area contributed by atoms with E-state index in [-0.39, 0.29) is 0 Å². The maximum atomic E-state index is 4.45. The molecular formula is C15H15NS. The van der Waals surface area contributed by atoms with Gasteiger partial charge in [-0.25, -0.2) is 0 Å². The number of aliphatic imine (C=N–C) groups is 1. The minimum Gasteiger partial charge on any atom is -0.256 e. The van der Waals surface area contributed by atoms with Gasteiger partial charge in [-0.1, -0.05) is 31.5 Å². The Labute approximate surface area is 106 Å². The van der Waals surface area contributed by atoms with Gasteiger partial charge in [0.05, 0.1) is 5.69 Å². The lowest BCUT2D eigenvalue weighted by molar-refractivity contribution is 0.896. The lowest BCUT2D eigenvalue weighted by Gasteiger charge is -2.07. The molecule has 0 fully saturated rings. The Morgan fingerprint density at radius 3 is 3.00 bits per heavy atom. The molecule has 0 bridgehead atoms. The molecule has 2 aromatic carbocycles. The molecule has 0 N–H and O–H groups in total. The number of rotatable bonds is 4. The highest BCUT2D eigenvalue weighted by molar-refractivity contribution is 7.99. The van der Waals surface area contributed by atoms with Gasteiger partial charge in [0.1, 0.15) is 0 Å². The van der Waals surface area contributed by atoms with E-state index in [2.05, 4.69) is 42.2 Å². The lowest BCUT2D eigenvalue weighted by atomic mass is 10.1. The van der Waals surface area contributed by atoms with E-state index in [4.69, 9.17) is 0 Å². The van der Waals surface area contributed by atoms with Crippen LogP contribution in [0.4, 0.5) is 5.69 Å². The molecule has 0 aliphatic carbocycles. The third kappa shape index (κ3) is 1.87. The van der Waals surface area contributed by atoms with Gasteiger partial charge in [-0.3, -0.25) is 4.99 Å². The van der Waals surface area contributed by atoms with Crippen molar-refractivity contribution in [3.8, 4) is 0 Å². The largest absolute Gasteiger partial charge is 0.256 e. The first kappa shape index (κ1) is 10.8. The fourth-order valence-electron chi connectivity index (χ4n) is 2.20.